The predicted octanol–water partition coefficient (Wildman–Crippen LogP) is 3.43. The molecular formula is C18H22N2O. The predicted molar refractivity (Wildman–Crippen MR) is 84.3 cm³/mol. The SMILES string of the molecule is CC(C)Oc1ccc2c(n1)CCN(Cc1ccccc1)C2. The Hall–Kier alpha value is -1.87. The number of ether oxygens (including phenoxy) is 1. The Morgan fingerprint density at radius 2 is 1.95 bits per heavy atom. The molecule has 2 heterocycles. The first-order chi connectivity index (χ1) is 10.2. The van der Waals surface area contributed by atoms with Crippen LogP contribution in [-0.4, -0.2) is 22.5 Å². The molecule has 21 heavy (non-hydrogen) atoms. The lowest BCUT2D eigenvalue weighted by atomic mass is 10.0. The Balaban J connectivity index is 1.68. The number of nitrogens with zero attached hydrogens (tertiary/aromatic N) is 2. The van der Waals surface area contributed by atoms with E-state index in [0.29, 0.717) is 0 Å². The van der Waals surface area contributed by atoms with Crippen molar-refractivity contribution in [2.24, 2.45) is 0 Å². The smallest absolute Gasteiger partial charge is 0.213 e. The Bertz CT molecular complexity index is 595. The number of benzene rings is 1. The van der Waals surface area contributed by atoms with Crippen molar-refractivity contribution in [3.8, 4) is 5.88 Å². The van der Waals surface area contributed by atoms with E-state index in [1.807, 2.05) is 19.9 Å². The zero-order chi connectivity index (χ0) is 14.7. The fourth-order valence-electron chi connectivity index (χ4n) is 2.74. The molecule has 0 fully saturated rings. The quantitative estimate of drug-likeness (QED) is 0.859. The molecular weight excluding hydrogens is 260 g/mol. The highest BCUT2D eigenvalue weighted by Gasteiger charge is 2.18. The normalized spacial score (nSPS) is 15.0. The third-order valence-corrected chi connectivity index (χ3v) is 3.71. The van der Waals surface area contributed by atoms with Gasteiger partial charge in [-0.3, -0.25) is 4.90 Å². The van der Waals surface area contributed by atoms with Gasteiger partial charge in [0.05, 0.1) is 11.8 Å². The lowest BCUT2D eigenvalue weighted by Crippen LogP contribution is -2.30. The number of aromatic nitrogens is 1. The first kappa shape index (κ1) is 14.1. The highest BCUT2D eigenvalue weighted by molar-refractivity contribution is 5.28. The summed E-state index contributed by atoms with van der Waals surface area (Å²) >= 11 is 0. The molecule has 2 aromatic rings. The summed E-state index contributed by atoms with van der Waals surface area (Å²) in [5.74, 6) is 0.750. The summed E-state index contributed by atoms with van der Waals surface area (Å²) < 4.78 is 5.68. The standard InChI is InChI=1S/C18H22N2O/c1-14(2)21-18-9-8-16-13-20(11-10-17(16)19-18)12-15-6-4-3-5-7-15/h3-9,14H,10-13H2,1-2H3. The largest absolute Gasteiger partial charge is 0.475 e. The van der Waals surface area contributed by atoms with E-state index in [1.165, 1.54) is 16.8 Å². The van der Waals surface area contributed by atoms with E-state index in [4.69, 9.17) is 4.74 Å². The van der Waals surface area contributed by atoms with Crippen molar-refractivity contribution in [2.45, 2.75) is 39.5 Å². The monoisotopic (exact) mass is 282 g/mol. The van der Waals surface area contributed by atoms with Crippen molar-refractivity contribution in [2.75, 3.05) is 6.54 Å². The molecule has 0 atom stereocenters. The minimum absolute atomic E-state index is 0.175. The summed E-state index contributed by atoms with van der Waals surface area (Å²) in [6, 6.07) is 14.8. The molecule has 0 saturated carbocycles. The number of rotatable bonds is 4. The van der Waals surface area contributed by atoms with Crippen LogP contribution in [0.3, 0.4) is 0 Å². The second kappa shape index (κ2) is 6.27. The maximum absolute atomic E-state index is 5.68. The van der Waals surface area contributed by atoms with Crippen molar-refractivity contribution >= 4 is 0 Å². The third-order valence-electron chi connectivity index (χ3n) is 3.71. The molecule has 1 aliphatic heterocycles. The van der Waals surface area contributed by atoms with Crippen LogP contribution in [0, 0.1) is 0 Å². The van der Waals surface area contributed by atoms with Crippen LogP contribution in [0.2, 0.25) is 0 Å². The van der Waals surface area contributed by atoms with Gasteiger partial charge in [-0.1, -0.05) is 36.4 Å². The second-order valence-corrected chi connectivity index (χ2v) is 5.87. The average Bonchev–Trinajstić information content (AvgIpc) is 2.48. The van der Waals surface area contributed by atoms with Gasteiger partial charge < -0.3 is 4.74 Å². The maximum atomic E-state index is 5.68. The Morgan fingerprint density at radius 3 is 2.71 bits per heavy atom. The van der Waals surface area contributed by atoms with Gasteiger partial charge in [0.2, 0.25) is 5.88 Å². The van der Waals surface area contributed by atoms with Crippen LogP contribution in [0.4, 0.5) is 0 Å². The summed E-state index contributed by atoms with van der Waals surface area (Å²) in [6.07, 6.45) is 1.17. The fourth-order valence-corrected chi connectivity index (χ4v) is 2.74. The topological polar surface area (TPSA) is 25.4 Å². The van der Waals surface area contributed by atoms with Gasteiger partial charge in [-0.15, -0.1) is 0 Å². The molecule has 0 amide bonds. The number of pyridine rings is 1. The Kier molecular flexibility index (Phi) is 4.20. The first-order valence-electron chi connectivity index (χ1n) is 7.62. The summed E-state index contributed by atoms with van der Waals surface area (Å²) in [7, 11) is 0. The molecule has 0 N–H and O–H groups in total. The van der Waals surface area contributed by atoms with E-state index in [0.717, 1.165) is 31.9 Å². The molecule has 0 bridgehead atoms. The average molecular weight is 282 g/mol. The van der Waals surface area contributed by atoms with Crippen LogP contribution >= 0.6 is 0 Å². The van der Waals surface area contributed by atoms with E-state index in [-0.39, 0.29) is 6.10 Å². The molecule has 1 aromatic heterocycles. The molecule has 0 spiro atoms. The minimum atomic E-state index is 0.175. The maximum Gasteiger partial charge on any atom is 0.213 e. The Morgan fingerprint density at radius 1 is 1.14 bits per heavy atom. The van der Waals surface area contributed by atoms with Crippen molar-refractivity contribution in [3.63, 3.8) is 0 Å². The van der Waals surface area contributed by atoms with Gasteiger partial charge in [-0.2, -0.15) is 0 Å². The number of hydrogen-bond acceptors (Lipinski definition) is 3. The zero-order valence-electron chi connectivity index (χ0n) is 12.7. The Labute approximate surface area is 126 Å². The summed E-state index contributed by atoms with van der Waals surface area (Å²) in [5.41, 5.74) is 3.89. The molecule has 0 saturated heterocycles. The van der Waals surface area contributed by atoms with Crippen LogP contribution in [0.25, 0.3) is 0 Å². The van der Waals surface area contributed by atoms with Crippen LogP contribution in [-0.2, 0) is 19.5 Å². The molecule has 3 heteroatoms. The molecule has 110 valence electrons. The van der Waals surface area contributed by atoms with Crippen molar-refractivity contribution < 1.29 is 4.74 Å². The molecule has 3 rings (SSSR count). The van der Waals surface area contributed by atoms with Gasteiger partial charge in [0.15, 0.2) is 0 Å². The third kappa shape index (κ3) is 3.61. The molecule has 0 unspecified atom stereocenters. The second-order valence-electron chi connectivity index (χ2n) is 5.87. The molecule has 1 aromatic carbocycles. The lowest BCUT2D eigenvalue weighted by Gasteiger charge is -2.28. The fraction of sp³-hybridized carbons (Fsp3) is 0.389. The van der Waals surface area contributed by atoms with Gasteiger partial charge >= 0.3 is 0 Å². The van der Waals surface area contributed by atoms with E-state index in [2.05, 4.69) is 46.3 Å². The van der Waals surface area contributed by atoms with Gasteiger partial charge in [0.25, 0.3) is 0 Å². The van der Waals surface area contributed by atoms with Crippen molar-refractivity contribution in [3.05, 3.63) is 59.3 Å². The molecule has 0 aliphatic carbocycles. The van der Waals surface area contributed by atoms with Crippen LogP contribution in [0.5, 0.6) is 5.88 Å². The van der Waals surface area contributed by atoms with E-state index in [1.54, 1.807) is 0 Å². The van der Waals surface area contributed by atoms with Gasteiger partial charge in [0.1, 0.15) is 0 Å². The minimum Gasteiger partial charge on any atom is -0.475 e. The van der Waals surface area contributed by atoms with Crippen molar-refractivity contribution in [1.82, 2.24) is 9.88 Å². The number of hydrogen-bond donors (Lipinski definition) is 0. The highest BCUT2D eigenvalue weighted by atomic mass is 16.5. The zero-order valence-corrected chi connectivity index (χ0v) is 12.7. The summed E-state index contributed by atoms with van der Waals surface area (Å²) in [5, 5.41) is 0. The molecule has 1 aliphatic rings. The lowest BCUT2D eigenvalue weighted by molar-refractivity contribution is 0.224. The first-order valence-corrected chi connectivity index (χ1v) is 7.62. The van der Waals surface area contributed by atoms with E-state index in [9.17, 15) is 0 Å². The highest BCUT2D eigenvalue weighted by Crippen LogP contribution is 2.22. The van der Waals surface area contributed by atoms with Gasteiger partial charge in [0, 0.05) is 32.1 Å². The van der Waals surface area contributed by atoms with E-state index >= 15 is 0 Å². The summed E-state index contributed by atoms with van der Waals surface area (Å²) in [6.45, 7) is 7.09. The van der Waals surface area contributed by atoms with Crippen LogP contribution < -0.4 is 4.74 Å². The van der Waals surface area contributed by atoms with Crippen LogP contribution in [0.1, 0.15) is 30.7 Å². The van der Waals surface area contributed by atoms with Gasteiger partial charge in [-0.05, 0) is 25.0 Å². The van der Waals surface area contributed by atoms with E-state index < -0.39 is 0 Å². The molecule has 3 nitrogen and oxygen atoms in total. The van der Waals surface area contributed by atoms with Gasteiger partial charge in [-0.25, -0.2) is 4.98 Å². The number of fused-ring (bicyclic) bond motifs is 1. The van der Waals surface area contributed by atoms with Crippen molar-refractivity contribution in [1.29, 1.82) is 0 Å². The summed E-state index contributed by atoms with van der Waals surface area (Å²) in [4.78, 5) is 7.12. The van der Waals surface area contributed by atoms with Crippen LogP contribution in [0.15, 0.2) is 42.5 Å². The molecule has 0 radical (unpaired) electrons.